The number of piperidine rings is 1. The molecule has 1 fully saturated rings. The Balaban J connectivity index is 1.69. The molecule has 0 bridgehead atoms. The van der Waals surface area contributed by atoms with Crippen molar-refractivity contribution in [2.75, 3.05) is 13.1 Å². The first-order valence-electron chi connectivity index (χ1n) is 7.70. The van der Waals surface area contributed by atoms with E-state index in [-0.39, 0.29) is 12.0 Å². The summed E-state index contributed by atoms with van der Waals surface area (Å²) in [7, 11) is 0. The van der Waals surface area contributed by atoms with Crippen LogP contribution in [0.5, 0.6) is 0 Å². The van der Waals surface area contributed by atoms with Crippen LogP contribution in [0.25, 0.3) is 10.8 Å². The maximum absolute atomic E-state index is 11.1. The lowest BCUT2D eigenvalue weighted by Crippen LogP contribution is -2.46. The Labute approximate surface area is 135 Å². The van der Waals surface area contributed by atoms with Crippen molar-refractivity contribution in [3.05, 3.63) is 48.0 Å². The summed E-state index contributed by atoms with van der Waals surface area (Å²) in [4.78, 5) is 12.5. The zero-order valence-electron chi connectivity index (χ0n) is 12.8. The summed E-state index contributed by atoms with van der Waals surface area (Å²) in [5.41, 5.74) is 1.06. The van der Waals surface area contributed by atoms with Gasteiger partial charge in [0.15, 0.2) is 0 Å². The first kappa shape index (κ1) is 15.4. The molecule has 1 heterocycles. The Morgan fingerprint density at radius 1 is 1.30 bits per heavy atom. The Hall–Kier alpha value is -2.51. The minimum Gasteiger partial charge on any atom is -0.465 e. The number of fused-ring (bicyclic) bond motifs is 1. The van der Waals surface area contributed by atoms with Crippen molar-refractivity contribution >= 4 is 16.9 Å². The van der Waals surface area contributed by atoms with E-state index in [4.69, 9.17) is 16.3 Å². The molecule has 1 saturated heterocycles. The van der Waals surface area contributed by atoms with Crippen molar-refractivity contribution in [3.63, 3.8) is 0 Å². The number of nitrogens with zero attached hydrogens (tertiary/aromatic N) is 1. The highest BCUT2D eigenvalue weighted by molar-refractivity contribution is 5.82. The van der Waals surface area contributed by atoms with Gasteiger partial charge in [-0.05, 0) is 28.8 Å². The van der Waals surface area contributed by atoms with Gasteiger partial charge in [-0.2, -0.15) is 0 Å². The molecule has 4 heteroatoms. The van der Waals surface area contributed by atoms with E-state index in [0.717, 1.165) is 10.9 Å². The molecule has 0 radical (unpaired) electrons. The SMILES string of the molecule is C#C[C@H]1CCN(C(=O)O)C[C@@H]1OCc1ccc2ccccc2c1. The largest absolute Gasteiger partial charge is 0.465 e. The van der Waals surface area contributed by atoms with Gasteiger partial charge in [0.2, 0.25) is 0 Å². The second-order valence-electron chi connectivity index (χ2n) is 5.82. The first-order chi connectivity index (χ1) is 11.2. The number of amides is 1. The zero-order valence-corrected chi connectivity index (χ0v) is 12.8. The maximum Gasteiger partial charge on any atom is 0.407 e. The quantitative estimate of drug-likeness (QED) is 0.885. The summed E-state index contributed by atoms with van der Waals surface area (Å²) in [6.45, 7) is 1.24. The number of hydrogen-bond acceptors (Lipinski definition) is 2. The summed E-state index contributed by atoms with van der Waals surface area (Å²) in [6, 6.07) is 14.3. The third kappa shape index (κ3) is 3.46. The van der Waals surface area contributed by atoms with Gasteiger partial charge in [0.1, 0.15) is 0 Å². The molecule has 0 saturated carbocycles. The Kier molecular flexibility index (Phi) is 4.50. The topological polar surface area (TPSA) is 49.8 Å². The predicted octanol–water partition coefficient (Wildman–Crippen LogP) is 3.36. The molecule has 2 aromatic carbocycles. The van der Waals surface area contributed by atoms with E-state index in [0.29, 0.717) is 26.1 Å². The molecule has 1 amide bonds. The minimum absolute atomic E-state index is 0.0361. The van der Waals surface area contributed by atoms with Crippen molar-refractivity contribution in [1.82, 2.24) is 4.90 Å². The van der Waals surface area contributed by atoms with Gasteiger partial charge in [-0.1, -0.05) is 36.4 Å². The predicted molar refractivity (Wildman–Crippen MR) is 89.1 cm³/mol. The molecule has 0 spiro atoms. The molecule has 0 unspecified atom stereocenters. The van der Waals surface area contributed by atoms with Crippen LogP contribution < -0.4 is 0 Å². The lowest BCUT2D eigenvalue weighted by molar-refractivity contribution is -0.0259. The number of benzene rings is 2. The molecule has 1 aliphatic rings. The van der Waals surface area contributed by atoms with Crippen LogP contribution in [0.2, 0.25) is 0 Å². The van der Waals surface area contributed by atoms with Gasteiger partial charge in [-0.3, -0.25) is 0 Å². The fraction of sp³-hybridized carbons (Fsp3) is 0.316. The van der Waals surface area contributed by atoms with E-state index in [1.807, 2.05) is 18.2 Å². The number of terminal acetylenes is 1. The average Bonchev–Trinajstić information content (AvgIpc) is 2.59. The summed E-state index contributed by atoms with van der Waals surface area (Å²) in [5.74, 6) is 2.70. The average molecular weight is 309 g/mol. The van der Waals surface area contributed by atoms with E-state index in [1.165, 1.54) is 10.3 Å². The molecule has 1 aliphatic heterocycles. The number of likely N-dealkylation sites (tertiary alicyclic amines) is 1. The maximum atomic E-state index is 11.1. The summed E-state index contributed by atoms with van der Waals surface area (Å²) < 4.78 is 5.95. The fourth-order valence-corrected chi connectivity index (χ4v) is 2.98. The monoisotopic (exact) mass is 309 g/mol. The third-order valence-corrected chi connectivity index (χ3v) is 4.32. The van der Waals surface area contributed by atoms with Crippen LogP contribution in [0.4, 0.5) is 4.79 Å². The summed E-state index contributed by atoms with van der Waals surface area (Å²) in [6.07, 6.45) is 5.04. The summed E-state index contributed by atoms with van der Waals surface area (Å²) >= 11 is 0. The second kappa shape index (κ2) is 6.72. The highest BCUT2D eigenvalue weighted by Crippen LogP contribution is 2.22. The number of hydrogen-bond donors (Lipinski definition) is 1. The highest BCUT2D eigenvalue weighted by Gasteiger charge is 2.31. The van der Waals surface area contributed by atoms with Crippen LogP contribution in [-0.4, -0.2) is 35.3 Å². The lowest BCUT2D eigenvalue weighted by Gasteiger charge is -2.34. The van der Waals surface area contributed by atoms with E-state index >= 15 is 0 Å². The normalized spacial score (nSPS) is 21.1. The van der Waals surface area contributed by atoms with Crippen LogP contribution in [0.1, 0.15) is 12.0 Å². The number of carboxylic acid groups (broad SMARTS) is 1. The van der Waals surface area contributed by atoms with Crippen LogP contribution in [0.3, 0.4) is 0 Å². The van der Waals surface area contributed by atoms with Crippen LogP contribution in [-0.2, 0) is 11.3 Å². The number of carbonyl (C=O) groups is 1. The fourth-order valence-electron chi connectivity index (χ4n) is 2.98. The molecule has 118 valence electrons. The van der Waals surface area contributed by atoms with Gasteiger partial charge >= 0.3 is 6.09 Å². The van der Waals surface area contributed by atoms with Crippen molar-refractivity contribution in [2.45, 2.75) is 19.1 Å². The molecule has 1 N–H and O–H groups in total. The van der Waals surface area contributed by atoms with Crippen LogP contribution in [0, 0.1) is 18.3 Å². The van der Waals surface area contributed by atoms with Crippen LogP contribution >= 0.6 is 0 Å². The van der Waals surface area contributed by atoms with Gasteiger partial charge in [0.05, 0.1) is 19.3 Å². The Bertz CT molecular complexity index is 750. The minimum atomic E-state index is -0.917. The molecule has 0 aromatic heterocycles. The lowest BCUT2D eigenvalue weighted by atomic mass is 9.95. The number of rotatable bonds is 3. The van der Waals surface area contributed by atoms with Crippen molar-refractivity contribution < 1.29 is 14.6 Å². The Morgan fingerprint density at radius 2 is 2.09 bits per heavy atom. The second-order valence-corrected chi connectivity index (χ2v) is 5.82. The molecule has 0 aliphatic carbocycles. The van der Waals surface area contributed by atoms with Crippen molar-refractivity contribution in [2.24, 2.45) is 5.92 Å². The molecular formula is C19H19NO3. The zero-order chi connectivity index (χ0) is 16.2. The molecule has 4 nitrogen and oxygen atoms in total. The third-order valence-electron chi connectivity index (χ3n) is 4.32. The molecule has 2 atom stereocenters. The molecule has 3 rings (SSSR count). The van der Waals surface area contributed by atoms with E-state index < -0.39 is 6.09 Å². The van der Waals surface area contributed by atoms with Gasteiger partial charge < -0.3 is 14.7 Å². The van der Waals surface area contributed by atoms with Gasteiger partial charge in [-0.25, -0.2) is 4.79 Å². The smallest absolute Gasteiger partial charge is 0.407 e. The van der Waals surface area contributed by atoms with Gasteiger partial charge in [0.25, 0.3) is 0 Å². The van der Waals surface area contributed by atoms with Gasteiger partial charge in [0, 0.05) is 12.5 Å². The van der Waals surface area contributed by atoms with E-state index in [1.54, 1.807) is 0 Å². The molecule has 23 heavy (non-hydrogen) atoms. The molecule has 2 aromatic rings. The van der Waals surface area contributed by atoms with E-state index in [2.05, 4.69) is 30.2 Å². The first-order valence-corrected chi connectivity index (χ1v) is 7.70. The van der Waals surface area contributed by atoms with Crippen molar-refractivity contribution in [3.8, 4) is 12.3 Å². The van der Waals surface area contributed by atoms with E-state index in [9.17, 15) is 4.79 Å². The summed E-state index contributed by atoms with van der Waals surface area (Å²) in [5, 5.41) is 11.5. The highest BCUT2D eigenvalue weighted by atomic mass is 16.5. The standard InChI is InChI=1S/C19H19NO3/c1-2-15-9-10-20(19(21)22)12-18(15)23-13-14-7-8-16-5-3-4-6-17(16)11-14/h1,3-8,11,15,18H,9-10,12-13H2,(H,21,22)/t15-,18-/m0/s1. The number of ether oxygens (including phenoxy) is 1. The Morgan fingerprint density at radius 3 is 2.83 bits per heavy atom. The van der Waals surface area contributed by atoms with Crippen molar-refractivity contribution in [1.29, 1.82) is 0 Å². The van der Waals surface area contributed by atoms with Gasteiger partial charge in [-0.15, -0.1) is 12.3 Å². The molecular weight excluding hydrogens is 290 g/mol. The van der Waals surface area contributed by atoms with Crippen LogP contribution in [0.15, 0.2) is 42.5 Å².